The molecule has 1 heterocycles. The van der Waals surface area contributed by atoms with Crippen LogP contribution in [-0.2, 0) is 0 Å². The molecule has 0 amide bonds. The summed E-state index contributed by atoms with van der Waals surface area (Å²) < 4.78 is 37.2. The molecule has 1 aliphatic heterocycles. The molecule has 0 aromatic carbocycles. The van der Waals surface area contributed by atoms with E-state index in [9.17, 15) is 13.2 Å². The van der Waals surface area contributed by atoms with Crippen molar-refractivity contribution in [2.75, 3.05) is 39.8 Å². The summed E-state index contributed by atoms with van der Waals surface area (Å²) in [7, 11) is 1.78. The number of nitrogens with one attached hydrogen (secondary N) is 2. The third-order valence-electron chi connectivity index (χ3n) is 5.97. The first-order valence-electron chi connectivity index (χ1n) is 9.59. The number of aliphatic imine (C=N–C) groups is 1. The van der Waals surface area contributed by atoms with Crippen molar-refractivity contribution in [3.8, 4) is 0 Å². The minimum atomic E-state index is -4.08. The van der Waals surface area contributed by atoms with E-state index in [1.54, 1.807) is 7.05 Å². The molecule has 4 nitrogen and oxygen atoms in total. The van der Waals surface area contributed by atoms with Gasteiger partial charge in [0.05, 0.1) is 6.54 Å². The van der Waals surface area contributed by atoms with E-state index in [2.05, 4.69) is 22.5 Å². The van der Waals surface area contributed by atoms with Crippen LogP contribution in [-0.4, -0.2) is 56.8 Å². The predicted octanol–water partition coefficient (Wildman–Crippen LogP) is 3.40. The average molecular weight is 362 g/mol. The Morgan fingerprint density at radius 2 is 1.88 bits per heavy atom. The summed E-state index contributed by atoms with van der Waals surface area (Å²) in [6, 6.07) is 0. The lowest BCUT2D eigenvalue weighted by Gasteiger charge is -2.41. The van der Waals surface area contributed by atoms with Gasteiger partial charge in [-0.05, 0) is 62.9 Å². The van der Waals surface area contributed by atoms with Gasteiger partial charge in [0.25, 0.3) is 0 Å². The number of likely N-dealkylation sites (tertiary alicyclic amines) is 1. The van der Waals surface area contributed by atoms with Crippen molar-refractivity contribution in [1.82, 2.24) is 15.5 Å². The second-order valence-electron chi connectivity index (χ2n) is 7.68. The maximum absolute atomic E-state index is 12.4. The molecular formula is C18H33F3N4. The Hall–Kier alpha value is -0.980. The largest absolute Gasteiger partial charge is 0.401 e. The number of rotatable bonds is 7. The van der Waals surface area contributed by atoms with E-state index in [1.807, 2.05) is 0 Å². The van der Waals surface area contributed by atoms with Gasteiger partial charge in [0.15, 0.2) is 5.96 Å². The normalized spacial score (nSPS) is 22.5. The first-order valence-corrected chi connectivity index (χ1v) is 9.59. The van der Waals surface area contributed by atoms with Gasteiger partial charge in [0.1, 0.15) is 0 Å². The fourth-order valence-electron chi connectivity index (χ4n) is 3.91. The molecule has 2 fully saturated rings. The number of guanidine groups is 1. The second-order valence-corrected chi connectivity index (χ2v) is 7.68. The van der Waals surface area contributed by atoms with E-state index >= 15 is 0 Å². The Kier molecular flexibility index (Phi) is 7.40. The average Bonchev–Trinajstić information content (AvgIpc) is 2.52. The van der Waals surface area contributed by atoms with E-state index < -0.39 is 12.7 Å². The number of halogens is 3. The van der Waals surface area contributed by atoms with Gasteiger partial charge in [-0.3, -0.25) is 9.89 Å². The van der Waals surface area contributed by atoms with Crippen LogP contribution in [0.2, 0.25) is 0 Å². The zero-order valence-electron chi connectivity index (χ0n) is 15.6. The van der Waals surface area contributed by atoms with E-state index in [0.717, 1.165) is 38.3 Å². The molecule has 0 aromatic heterocycles. The van der Waals surface area contributed by atoms with Crippen LogP contribution in [0.4, 0.5) is 13.2 Å². The first-order chi connectivity index (χ1) is 11.9. The van der Waals surface area contributed by atoms with Gasteiger partial charge in [0, 0.05) is 20.1 Å². The number of alkyl halides is 3. The van der Waals surface area contributed by atoms with Gasteiger partial charge in [-0.1, -0.05) is 13.3 Å². The summed E-state index contributed by atoms with van der Waals surface area (Å²) in [5, 5.41) is 6.80. The Labute approximate surface area is 149 Å². The van der Waals surface area contributed by atoms with Crippen molar-refractivity contribution in [2.24, 2.45) is 16.3 Å². The molecule has 1 saturated carbocycles. The number of hydrogen-bond acceptors (Lipinski definition) is 2. The molecular weight excluding hydrogens is 329 g/mol. The third kappa shape index (κ3) is 6.68. The number of nitrogens with zero attached hydrogens (tertiary/aromatic N) is 2. The van der Waals surface area contributed by atoms with E-state index in [-0.39, 0.29) is 0 Å². The van der Waals surface area contributed by atoms with Crippen LogP contribution in [0.25, 0.3) is 0 Å². The Balaban J connectivity index is 1.60. The van der Waals surface area contributed by atoms with Gasteiger partial charge < -0.3 is 10.6 Å². The topological polar surface area (TPSA) is 39.7 Å². The molecule has 0 radical (unpaired) electrons. The Bertz CT molecular complexity index is 419. The second kappa shape index (κ2) is 9.10. The van der Waals surface area contributed by atoms with Crippen molar-refractivity contribution in [3.63, 3.8) is 0 Å². The van der Waals surface area contributed by atoms with Crippen molar-refractivity contribution >= 4 is 5.96 Å². The predicted molar refractivity (Wildman–Crippen MR) is 95.8 cm³/mol. The molecule has 1 saturated heterocycles. The summed E-state index contributed by atoms with van der Waals surface area (Å²) in [6.45, 7) is 4.38. The van der Waals surface area contributed by atoms with Gasteiger partial charge in [-0.25, -0.2) is 0 Å². The fourth-order valence-corrected chi connectivity index (χ4v) is 3.91. The molecule has 7 heteroatoms. The van der Waals surface area contributed by atoms with Crippen molar-refractivity contribution in [1.29, 1.82) is 0 Å². The zero-order valence-corrected chi connectivity index (χ0v) is 15.6. The van der Waals surface area contributed by atoms with Crippen LogP contribution in [0.1, 0.15) is 51.9 Å². The first kappa shape index (κ1) is 20.3. The summed E-state index contributed by atoms with van der Waals surface area (Å²) in [6.07, 6.45) is 3.73. The van der Waals surface area contributed by atoms with E-state index in [1.165, 1.54) is 30.6 Å². The van der Waals surface area contributed by atoms with Crippen LogP contribution in [0.15, 0.2) is 4.99 Å². The molecule has 2 aliphatic rings. The quantitative estimate of drug-likeness (QED) is 0.539. The summed E-state index contributed by atoms with van der Waals surface area (Å²) in [5.74, 6) is 1.35. The van der Waals surface area contributed by atoms with Crippen LogP contribution in [0.5, 0.6) is 0 Å². The Morgan fingerprint density at radius 3 is 2.36 bits per heavy atom. The summed E-state index contributed by atoms with van der Waals surface area (Å²) in [5.41, 5.74) is 0.447. The SMILES string of the molecule is CCC1(CNC(=NC)NCCC2CCN(CC(F)(F)F)CC2)CCC1. The van der Waals surface area contributed by atoms with Gasteiger partial charge in [0.2, 0.25) is 0 Å². The molecule has 1 aliphatic carbocycles. The maximum Gasteiger partial charge on any atom is 0.401 e. The minimum Gasteiger partial charge on any atom is -0.356 e. The van der Waals surface area contributed by atoms with Crippen LogP contribution < -0.4 is 10.6 Å². The molecule has 0 bridgehead atoms. The van der Waals surface area contributed by atoms with E-state index in [4.69, 9.17) is 0 Å². The molecule has 146 valence electrons. The highest BCUT2D eigenvalue weighted by Crippen LogP contribution is 2.42. The van der Waals surface area contributed by atoms with Crippen LogP contribution in [0, 0.1) is 11.3 Å². The number of hydrogen-bond donors (Lipinski definition) is 2. The van der Waals surface area contributed by atoms with E-state index in [0.29, 0.717) is 24.4 Å². The molecule has 0 spiro atoms. The highest BCUT2D eigenvalue weighted by Gasteiger charge is 2.35. The zero-order chi connectivity index (χ0) is 18.3. The molecule has 2 rings (SSSR count). The molecule has 25 heavy (non-hydrogen) atoms. The highest BCUT2D eigenvalue weighted by atomic mass is 19.4. The van der Waals surface area contributed by atoms with Crippen LogP contribution in [0.3, 0.4) is 0 Å². The monoisotopic (exact) mass is 362 g/mol. The maximum atomic E-state index is 12.4. The number of piperidine rings is 1. The molecule has 0 aromatic rings. The lowest BCUT2D eigenvalue weighted by atomic mass is 9.67. The van der Waals surface area contributed by atoms with Gasteiger partial charge >= 0.3 is 6.18 Å². The highest BCUT2D eigenvalue weighted by molar-refractivity contribution is 5.79. The smallest absolute Gasteiger partial charge is 0.356 e. The van der Waals surface area contributed by atoms with Gasteiger partial charge in [-0.2, -0.15) is 13.2 Å². The molecule has 0 unspecified atom stereocenters. The molecule has 0 atom stereocenters. The Morgan fingerprint density at radius 1 is 1.20 bits per heavy atom. The van der Waals surface area contributed by atoms with Gasteiger partial charge in [-0.15, -0.1) is 0 Å². The molecule has 2 N–H and O–H groups in total. The van der Waals surface area contributed by atoms with Crippen molar-refractivity contribution in [3.05, 3.63) is 0 Å². The van der Waals surface area contributed by atoms with Crippen LogP contribution >= 0.6 is 0 Å². The fraction of sp³-hybridized carbons (Fsp3) is 0.944. The minimum absolute atomic E-state index is 0.447. The lowest BCUT2D eigenvalue weighted by molar-refractivity contribution is -0.148. The van der Waals surface area contributed by atoms with Crippen molar-refractivity contribution < 1.29 is 13.2 Å². The summed E-state index contributed by atoms with van der Waals surface area (Å²) in [4.78, 5) is 5.80. The standard InChI is InChI=1S/C18H33F3N4/c1-3-17(8-4-9-17)13-24-16(22-2)23-10-5-15-6-11-25(12-7-15)14-18(19,20)21/h15H,3-14H2,1-2H3,(H2,22,23,24). The lowest BCUT2D eigenvalue weighted by Crippen LogP contribution is -2.46. The third-order valence-corrected chi connectivity index (χ3v) is 5.97. The summed E-state index contributed by atoms with van der Waals surface area (Å²) >= 11 is 0. The van der Waals surface area contributed by atoms with Crippen molar-refractivity contribution in [2.45, 2.75) is 58.0 Å².